The van der Waals surface area contributed by atoms with E-state index in [1.165, 1.54) is 19.3 Å². The maximum Gasteiger partial charge on any atom is 0.180 e. The van der Waals surface area contributed by atoms with Crippen molar-refractivity contribution in [2.45, 2.75) is 19.3 Å². The van der Waals surface area contributed by atoms with Gasteiger partial charge in [0.1, 0.15) is 17.2 Å². The van der Waals surface area contributed by atoms with E-state index in [0.717, 1.165) is 67.9 Å². The molecule has 7 heteroatoms. The molecule has 2 fully saturated rings. The Morgan fingerprint density at radius 1 is 0.933 bits per heavy atom. The number of nitrogens with one attached hydrogen (secondary N) is 1. The van der Waals surface area contributed by atoms with Crippen molar-refractivity contribution in [2.24, 2.45) is 5.41 Å². The summed E-state index contributed by atoms with van der Waals surface area (Å²) >= 11 is 0. The van der Waals surface area contributed by atoms with Crippen LogP contribution in [0.15, 0.2) is 42.6 Å². The Bertz CT molecular complexity index is 1070. The first kappa shape index (κ1) is 17.9. The Labute approximate surface area is 176 Å². The summed E-state index contributed by atoms with van der Waals surface area (Å²) in [5.74, 6) is 1.87. The van der Waals surface area contributed by atoms with Gasteiger partial charge in [-0.15, -0.1) is 0 Å². The van der Waals surface area contributed by atoms with Gasteiger partial charge in [-0.2, -0.15) is 0 Å². The molecule has 3 aromatic rings. The second kappa shape index (κ2) is 7.09. The average Bonchev–Trinajstić information content (AvgIpc) is 3.26. The molecule has 0 saturated carbocycles. The van der Waals surface area contributed by atoms with Gasteiger partial charge in [0.2, 0.25) is 0 Å². The Balaban J connectivity index is 1.25. The van der Waals surface area contributed by atoms with Gasteiger partial charge in [0.25, 0.3) is 0 Å². The Kier molecular flexibility index (Phi) is 4.23. The zero-order valence-corrected chi connectivity index (χ0v) is 17.0. The molecular weight excluding hydrogens is 376 g/mol. The predicted molar refractivity (Wildman–Crippen MR) is 119 cm³/mol. The molecule has 0 bridgehead atoms. The van der Waals surface area contributed by atoms with Crippen molar-refractivity contribution in [3.63, 3.8) is 0 Å². The molecule has 7 nitrogen and oxygen atoms in total. The van der Waals surface area contributed by atoms with E-state index in [1.54, 1.807) is 0 Å². The number of anilines is 4. The van der Waals surface area contributed by atoms with Crippen molar-refractivity contribution >= 4 is 34.2 Å². The van der Waals surface area contributed by atoms with Gasteiger partial charge < -0.3 is 19.9 Å². The van der Waals surface area contributed by atoms with Crippen LogP contribution in [0, 0.1) is 5.41 Å². The number of ether oxygens (including phenoxy) is 1. The lowest BCUT2D eigenvalue weighted by molar-refractivity contribution is 0.133. The molecular formula is C23H26N6O. The monoisotopic (exact) mass is 402 g/mol. The Hall–Kier alpha value is -2.93. The van der Waals surface area contributed by atoms with E-state index < -0.39 is 0 Å². The molecule has 3 aliphatic heterocycles. The topological polar surface area (TPSA) is 66.4 Å². The molecule has 2 saturated heterocycles. The molecule has 0 aliphatic carbocycles. The van der Waals surface area contributed by atoms with E-state index in [2.05, 4.69) is 56.5 Å². The number of pyridine rings is 1. The first-order chi connectivity index (χ1) is 14.8. The summed E-state index contributed by atoms with van der Waals surface area (Å²) in [7, 11) is 0. The van der Waals surface area contributed by atoms with Crippen LogP contribution in [0.3, 0.4) is 0 Å². The highest BCUT2D eigenvalue weighted by Gasteiger charge is 2.38. The smallest absolute Gasteiger partial charge is 0.180 e. The van der Waals surface area contributed by atoms with Gasteiger partial charge in [0.05, 0.1) is 24.2 Å². The first-order valence-corrected chi connectivity index (χ1v) is 10.9. The van der Waals surface area contributed by atoms with Gasteiger partial charge in [-0.1, -0.05) is 12.1 Å². The van der Waals surface area contributed by atoms with Crippen LogP contribution in [0.25, 0.3) is 11.2 Å². The number of para-hydroxylation sites is 2. The largest absolute Gasteiger partial charge is 0.382 e. The van der Waals surface area contributed by atoms with E-state index in [0.29, 0.717) is 11.1 Å². The van der Waals surface area contributed by atoms with E-state index in [1.807, 2.05) is 6.20 Å². The molecule has 0 radical (unpaired) electrons. The van der Waals surface area contributed by atoms with Crippen molar-refractivity contribution < 1.29 is 4.74 Å². The second-order valence-corrected chi connectivity index (χ2v) is 8.63. The van der Waals surface area contributed by atoms with Crippen molar-refractivity contribution in [3.8, 4) is 0 Å². The average molecular weight is 403 g/mol. The maximum atomic E-state index is 5.66. The first-order valence-electron chi connectivity index (χ1n) is 10.9. The number of aromatic nitrogens is 3. The van der Waals surface area contributed by atoms with Crippen LogP contribution >= 0.6 is 0 Å². The molecule has 1 N–H and O–H groups in total. The molecule has 5 heterocycles. The van der Waals surface area contributed by atoms with Gasteiger partial charge >= 0.3 is 0 Å². The van der Waals surface area contributed by atoms with E-state index in [9.17, 15) is 0 Å². The summed E-state index contributed by atoms with van der Waals surface area (Å²) in [6.45, 7) is 5.65. The fourth-order valence-electron chi connectivity index (χ4n) is 4.96. The molecule has 2 aromatic heterocycles. The lowest BCUT2D eigenvalue weighted by Crippen LogP contribution is -2.40. The minimum absolute atomic E-state index is 0.400. The normalized spacial score (nSPS) is 20.4. The molecule has 30 heavy (non-hydrogen) atoms. The minimum Gasteiger partial charge on any atom is -0.382 e. The number of nitrogens with zero attached hydrogens (tertiary/aromatic N) is 5. The molecule has 1 spiro atoms. The van der Waals surface area contributed by atoms with Gasteiger partial charge in [-0.3, -0.25) is 0 Å². The van der Waals surface area contributed by atoms with Crippen molar-refractivity contribution in [3.05, 3.63) is 42.6 Å². The summed E-state index contributed by atoms with van der Waals surface area (Å²) in [5.41, 5.74) is 4.24. The second-order valence-electron chi connectivity index (χ2n) is 8.63. The summed E-state index contributed by atoms with van der Waals surface area (Å²) in [6.07, 6.45) is 5.43. The van der Waals surface area contributed by atoms with Gasteiger partial charge in [-0.05, 0) is 48.9 Å². The third-order valence-corrected chi connectivity index (χ3v) is 6.83. The van der Waals surface area contributed by atoms with E-state index >= 15 is 0 Å². The number of benzene rings is 1. The van der Waals surface area contributed by atoms with Gasteiger partial charge in [0, 0.05) is 32.8 Å². The lowest BCUT2D eigenvalue weighted by Gasteiger charge is -2.38. The molecule has 154 valence electrons. The summed E-state index contributed by atoms with van der Waals surface area (Å²) < 4.78 is 5.66. The molecule has 0 unspecified atom stereocenters. The Morgan fingerprint density at radius 3 is 2.70 bits per heavy atom. The number of rotatable bonds is 2. The van der Waals surface area contributed by atoms with Crippen LogP contribution in [0.2, 0.25) is 0 Å². The van der Waals surface area contributed by atoms with Crippen molar-refractivity contribution in [2.75, 3.05) is 54.5 Å². The Morgan fingerprint density at radius 2 is 1.83 bits per heavy atom. The van der Waals surface area contributed by atoms with Crippen LogP contribution in [-0.4, -0.2) is 54.3 Å². The lowest BCUT2D eigenvalue weighted by atomic mass is 9.78. The zero-order valence-electron chi connectivity index (χ0n) is 17.0. The quantitative estimate of drug-likeness (QED) is 0.703. The number of piperidine rings is 1. The van der Waals surface area contributed by atoms with E-state index in [4.69, 9.17) is 14.7 Å². The van der Waals surface area contributed by atoms with Crippen LogP contribution in [0.5, 0.6) is 0 Å². The van der Waals surface area contributed by atoms with Crippen LogP contribution < -0.4 is 15.1 Å². The highest BCUT2D eigenvalue weighted by molar-refractivity contribution is 5.80. The number of hydrogen-bond acceptors (Lipinski definition) is 7. The molecule has 0 amide bonds. The molecule has 6 rings (SSSR count). The highest BCUT2D eigenvalue weighted by atomic mass is 16.5. The van der Waals surface area contributed by atoms with Crippen molar-refractivity contribution in [1.29, 1.82) is 0 Å². The van der Waals surface area contributed by atoms with Gasteiger partial charge in [0.15, 0.2) is 5.65 Å². The molecule has 3 aliphatic rings. The fourth-order valence-corrected chi connectivity index (χ4v) is 4.96. The molecule has 0 atom stereocenters. The third-order valence-electron chi connectivity index (χ3n) is 6.83. The van der Waals surface area contributed by atoms with Crippen LogP contribution in [-0.2, 0) is 4.74 Å². The maximum absolute atomic E-state index is 5.66. The summed E-state index contributed by atoms with van der Waals surface area (Å²) in [4.78, 5) is 19.0. The van der Waals surface area contributed by atoms with Crippen LogP contribution in [0.1, 0.15) is 19.3 Å². The zero-order chi connectivity index (χ0) is 20.0. The minimum atomic E-state index is 0.400. The van der Waals surface area contributed by atoms with Crippen molar-refractivity contribution in [1.82, 2.24) is 15.0 Å². The molecule has 1 aromatic carbocycles. The number of hydrogen-bond donors (Lipinski definition) is 1. The highest BCUT2D eigenvalue weighted by Crippen LogP contribution is 2.40. The SMILES string of the molecule is c1ccc2c(c1)NCCN2c1ccc2nc(N3CCC4(CCOC4)CC3)cnc2n1. The predicted octanol–water partition coefficient (Wildman–Crippen LogP) is 3.60. The summed E-state index contributed by atoms with van der Waals surface area (Å²) in [5, 5.41) is 3.45. The summed E-state index contributed by atoms with van der Waals surface area (Å²) in [6, 6.07) is 12.5. The van der Waals surface area contributed by atoms with Gasteiger partial charge in [-0.25, -0.2) is 15.0 Å². The third kappa shape index (κ3) is 3.04. The van der Waals surface area contributed by atoms with E-state index in [-0.39, 0.29) is 0 Å². The standard InChI is InChI=1S/C23H26N6O/c1-2-4-19-17(3-1)24-10-13-29(19)20-6-5-18-22(27-20)25-15-21(26-18)28-11-7-23(8-12-28)9-14-30-16-23/h1-6,15,24H,7-14,16H2. The van der Waals surface area contributed by atoms with Crippen LogP contribution in [0.4, 0.5) is 23.0 Å². The fraction of sp³-hybridized carbons (Fsp3) is 0.435. The number of fused-ring (bicyclic) bond motifs is 2.